The Morgan fingerprint density at radius 3 is 2.56 bits per heavy atom. The molecule has 0 radical (unpaired) electrons. The van der Waals surface area contributed by atoms with E-state index in [2.05, 4.69) is 10.5 Å². The second kappa shape index (κ2) is 7.68. The van der Waals surface area contributed by atoms with E-state index in [9.17, 15) is 0 Å². The van der Waals surface area contributed by atoms with Crippen molar-refractivity contribution < 1.29 is 10.3 Å². The zero-order chi connectivity index (χ0) is 13.4. The van der Waals surface area contributed by atoms with Crippen molar-refractivity contribution in [1.82, 2.24) is 5.32 Å². The van der Waals surface area contributed by atoms with Gasteiger partial charge in [0.2, 0.25) is 0 Å². The van der Waals surface area contributed by atoms with Crippen LogP contribution < -0.4 is 11.1 Å². The van der Waals surface area contributed by atoms with Crippen LogP contribution in [0.5, 0.6) is 0 Å². The summed E-state index contributed by atoms with van der Waals surface area (Å²) >= 11 is 0. The summed E-state index contributed by atoms with van der Waals surface area (Å²) in [4.78, 5) is 0. The number of oxime groups is 1. The third kappa shape index (κ3) is 4.35. The fourth-order valence-electron chi connectivity index (χ4n) is 1.69. The Bertz CT molecular complexity index is 368. The first kappa shape index (κ1) is 14.5. The minimum absolute atomic E-state index is 0.145. The lowest BCUT2D eigenvalue weighted by Crippen LogP contribution is -2.34. The van der Waals surface area contributed by atoms with E-state index in [0.717, 1.165) is 5.56 Å². The van der Waals surface area contributed by atoms with Crippen LogP contribution in [0.3, 0.4) is 0 Å². The van der Waals surface area contributed by atoms with Gasteiger partial charge in [0, 0.05) is 13.2 Å². The summed E-state index contributed by atoms with van der Waals surface area (Å²) in [6.07, 6.45) is 0. The maximum absolute atomic E-state index is 8.94. The second-order valence-corrected chi connectivity index (χ2v) is 4.43. The average Bonchev–Trinajstić information content (AvgIpc) is 2.43. The van der Waals surface area contributed by atoms with Gasteiger partial charge in [-0.3, -0.25) is 0 Å². The maximum Gasteiger partial charge on any atom is 0.147 e. The van der Waals surface area contributed by atoms with E-state index >= 15 is 0 Å². The van der Waals surface area contributed by atoms with Crippen LogP contribution in [0.4, 0.5) is 0 Å². The summed E-state index contributed by atoms with van der Waals surface area (Å²) in [6.45, 7) is 3.36. The molecule has 0 aliphatic carbocycles. The summed E-state index contributed by atoms with van der Waals surface area (Å²) in [6, 6.07) is 9.65. The van der Waals surface area contributed by atoms with E-state index in [4.69, 9.17) is 16.0 Å². The quantitative estimate of drug-likeness (QED) is 0.249. The van der Waals surface area contributed by atoms with Gasteiger partial charge in [-0.25, -0.2) is 0 Å². The number of nitrogens with zero attached hydrogens (tertiary/aromatic N) is 1. The molecule has 2 unspecified atom stereocenters. The number of nitrogens with two attached hydrogens (primary N) is 1. The molecule has 18 heavy (non-hydrogen) atoms. The minimum Gasteiger partial charge on any atom is -0.409 e. The minimum atomic E-state index is -0.165. The highest BCUT2D eigenvalue weighted by Gasteiger charge is 2.16. The largest absolute Gasteiger partial charge is 0.409 e. The highest BCUT2D eigenvalue weighted by molar-refractivity contribution is 5.87. The predicted octanol–water partition coefficient (Wildman–Crippen LogP) is 0.735. The lowest BCUT2D eigenvalue weighted by molar-refractivity contribution is 0.234. The van der Waals surface area contributed by atoms with Crippen molar-refractivity contribution in [2.75, 3.05) is 19.7 Å². The Kier molecular flexibility index (Phi) is 6.18. The molecule has 0 saturated carbocycles. The maximum atomic E-state index is 8.94. The molecule has 1 aromatic rings. The number of hydrogen-bond acceptors (Lipinski definition) is 4. The summed E-state index contributed by atoms with van der Waals surface area (Å²) in [5.74, 6) is 0.209. The fourth-order valence-corrected chi connectivity index (χ4v) is 1.69. The first-order valence-electron chi connectivity index (χ1n) is 6.03. The van der Waals surface area contributed by atoms with Crippen molar-refractivity contribution in [3.05, 3.63) is 35.9 Å². The summed E-state index contributed by atoms with van der Waals surface area (Å²) in [7, 11) is 0. The van der Waals surface area contributed by atoms with Gasteiger partial charge in [-0.15, -0.1) is 0 Å². The molecule has 1 rings (SSSR count). The van der Waals surface area contributed by atoms with Crippen LogP contribution in [-0.2, 0) is 0 Å². The van der Waals surface area contributed by atoms with Gasteiger partial charge in [0.1, 0.15) is 5.84 Å². The number of aliphatic hydroxyl groups excluding tert-OH is 1. The fraction of sp³-hybridized carbons (Fsp3) is 0.462. The molecule has 5 N–H and O–H groups in total. The van der Waals surface area contributed by atoms with Gasteiger partial charge >= 0.3 is 0 Å². The molecule has 0 spiro atoms. The topological polar surface area (TPSA) is 90.9 Å². The van der Waals surface area contributed by atoms with E-state index in [1.54, 1.807) is 0 Å². The van der Waals surface area contributed by atoms with E-state index in [1.807, 2.05) is 37.3 Å². The van der Waals surface area contributed by atoms with Crippen molar-refractivity contribution in [3.63, 3.8) is 0 Å². The summed E-state index contributed by atoms with van der Waals surface area (Å²) in [5, 5.41) is 24.1. The van der Waals surface area contributed by atoms with Crippen molar-refractivity contribution in [1.29, 1.82) is 0 Å². The van der Waals surface area contributed by atoms with E-state index < -0.39 is 0 Å². The Morgan fingerprint density at radius 2 is 2.00 bits per heavy atom. The highest BCUT2D eigenvalue weighted by atomic mass is 16.4. The van der Waals surface area contributed by atoms with E-state index in [0.29, 0.717) is 13.1 Å². The van der Waals surface area contributed by atoms with E-state index in [-0.39, 0.29) is 24.3 Å². The monoisotopic (exact) mass is 251 g/mol. The zero-order valence-corrected chi connectivity index (χ0v) is 10.6. The molecule has 2 atom stereocenters. The van der Waals surface area contributed by atoms with Gasteiger partial charge in [0.05, 0.1) is 5.92 Å². The van der Waals surface area contributed by atoms with Crippen LogP contribution in [0.1, 0.15) is 18.4 Å². The molecule has 0 bridgehead atoms. The molecule has 0 aliphatic rings. The molecule has 0 aliphatic heterocycles. The molecule has 1 aromatic carbocycles. The number of hydrogen-bond donors (Lipinski definition) is 4. The Balaban J connectivity index is 2.63. The Morgan fingerprint density at radius 1 is 1.33 bits per heavy atom. The molecule has 0 aromatic heterocycles. The van der Waals surface area contributed by atoms with Crippen molar-refractivity contribution in [3.8, 4) is 0 Å². The molecular formula is C13H21N3O2. The summed E-state index contributed by atoms with van der Waals surface area (Å²) < 4.78 is 0. The smallest absolute Gasteiger partial charge is 0.147 e. The van der Waals surface area contributed by atoms with Crippen LogP contribution in [0.25, 0.3) is 0 Å². The number of benzene rings is 1. The van der Waals surface area contributed by atoms with Crippen molar-refractivity contribution in [2.45, 2.75) is 12.8 Å². The van der Waals surface area contributed by atoms with Gasteiger partial charge in [-0.05, 0) is 18.0 Å². The van der Waals surface area contributed by atoms with Crippen LogP contribution in [0.2, 0.25) is 0 Å². The first-order chi connectivity index (χ1) is 8.69. The molecule has 0 heterocycles. The van der Waals surface area contributed by atoms with Crippen molar-refractivity contribution >= 4 is 5.84 Å². The van der Waals surface area contributed by atoms with Gasteiger partial charge < -0.3 is 21.4 Å². The first-order valence-corrected chi connectivity index (χ1v) is 6.03. The highest BCUT2D eigenvalue weighted by Crippen LogP contribution is 2.14. The lowest BCUT2D eigenvalue weighted by atomic mass is 9.98. The van der Waals surface area contributed by atoms with Gasteiger partial charge in [0.25, 0.3) is 0 Å². The van der Waals surface area contributed by atoms with Crippen molar-refractivity contribution in [2.24, 2.45) is 16.8 Å². The number of aliphatic hydroxyl groups is 1. The molecule has 5 nitrogen and oxygen atoms in total. The molecular weight excluding hydrogens is 230 g/mol. The standard InChI is InChI=1S/C13H21N3O2/c1-10(9-17)7-15-8-12(13(14)16-18)11-5-3-2-4-6-11/h2-6,10,12,15,17-18H,7-9H2,1H3,(H2,14,16). The summed E-state index contributed by atoms with van der Waals surface area (Å²) in [5.41, 5.74) is 6.71. The Hall–Kier alpha value is -1.59. The van der Waals surface area contributed by atoms with Gasteiger partial charge in [-0.1, -0.05) is 42.4 Å². The third-order valence-corrected chi connectivity index (χ3v) is 2.83. The SMILES string of the molecule is CC(CO)CNCC(C(N)=NO)c1ccccc1. The Labute approximate surface area is 107 Å². The average molecular weight is 251 g/mol. The number of nitrogens with one attached hydrogen (secondary N) is 1. The second-order valence-electron chi connectivity index (χ2n) is 4.43. The van der Waals surface area contributed by atoms with Crippen LogP contribution in [0.15, 0.2) is 35.5 Å². The molecule has 0 fully saturated rings. The predicted molar refractivity (Wildman–Crippen MR) is 71.7 cm³/mol. The normalized spacial score (nSPS) is 15.3. The zero-order valence-electron chi connectivity index (χ0n) is 10.6. The van der Waals surface area contributed by atoms with E-state index in [1.165, 1.54) is 0 Å². The third-order valence-electron chi connectivity index (χ3n) is 2.83. The van der Waals surface area contributed by atoms with Crippen LogP contribution in [0, 0.1) is 5.92 Å². The number of amidine groups is 1. The molecule has 100 valence electrons. The van der Waals surface area contributed by atoms with Gasteiger partial charge in [0.15, 0.2) is 0 Å². The molecule has 0 amide bonds. The lowest BCUT2D eigenvalue weighted by Gasteiger charge is -2.18. The van der Waals surface area contributed by atoms with Crippen LogP contribution >= 0.6 is 0 Å². The molecule has 5 heteroatoms. The number of rotatable bonds is 7. The van der Waals surface area contributed by atoms with Gasteiger partial charge in [-0.2, -0.15) is 0 Å². The van der Waals surface area contributed by atoms with Crippen LogP contribution in [-0.4, -0.2) is 35.8 Å². The molecule has 0 saturated heterocycles.